The number of carbonyl (C=O) groups excluding carboxylic acids is 1. The summed E-state index contributed by atoms with van der Waals surface area (Å²) in [6.07, 6.45) is 2.11. The fraction of sp³-hybridized carbons (Fsp3) is 0.700. The fourth-order valence-corrected chi connectivity index (χ4v) is 0.823. The Labute approximate surface area is 84.2 Å². The second-order valence-electron chi connectivity index (χ2n) is 3.71. The maximum absolute atomic E-state index is 11.0. The van der Waals surface area contributed by atoms with Crippen LogP contribution in [0.1, 0.15) is 20.3 Å². The van der Waals surface area contributed by atoms with Crippen molar-refractivity contribution in [3.05, 3.63) is 11.6 Å². The van der Waals surface area contributed by atoms with Crippen molar-refractivity contribution in [3.63, 3.8) is 0 Å². The van der Waals surface area contributed by atoms with E-state index >= 15 is 0 Å². The Morgan fingerprint density at radius 1 is 1.43 bits per heavy atom. The predicted octanol–water partition coefficient (Wildman–Crippen LogP) is 0.487. The lowest BCUT2D eigenvalue weighted by atomic mass is 9.88. The normalized spacial score (nSPS) is 12.8. The SMILES string of the molecule is COC(=O)C(C)=CCC(C)(CO)CO. The molecule has 0 radical (unpaired) electrons. The van der Waals surface area contributed by atoms with E-state index in [1.807, 2.05) is 0 Å². The molecule has 0 heterocycles. The second kappa shape index (κ2) is 5.78. The van der Waals surface area contributed by atoms with Crippen LogP contribution >= 0.6 is 0 Å². The summed E-state index contributed by atoms with van der Waals surface area (Å²) in [5.74, 6) is -0.386. The minimum absolute atomic E-state index is 0.117. The molecule has 0 unspecified atom stereocenters. The molecule has 14 heavy (non-hydrogen) atoms. The summed E-state index contributed by atoms with van der Waals surface area (Å²) in [5.41, 5.74) is -0.0874. The molecular formula is C10H18O4. The smallest absolute Gasteiger partial charge is 0.333 e. The number of allylic oxidation sites excluding steroid dienone is 1. The summed E-state index contributed by atoms with van der Waals surface area (Å²) in [5, 5.41) is 18.0. The van der Waals surface area contributed by atoms with Crippen LogP contribution in [0.5, 0.6) is 0 Å². The van der Waals surface area contributed by atoms with Crippen LogP contribution in [0.25, 0.3) is 0 Å². The Balaban J connectivity index is 4.33. The summed E-state index contributed by atoms with van der Waals surface area (Å²) < 4.78 is 4.51. The zero-order valence-corrected chi connectivity index (χ0v) is 8.91. The largest absolute Gasteiger partial charge is 0.466 e. The molecule has 4 nitrogen and oxygen atoms in total. The predicted molar refractivity (Wildman–Crippen MR) is 52.7 cm³/mol. The first-order valence-corrected chi connectivity index (χ1v) is 4.46. The van der Waals surface area contributed by atoms with Gasteiger partial charge >= 0.3 is 5.97 Å². The van der Waals surface area contributed by atoms with Crippen molar-refractivity contribution in [2.24, 2.45) is 5.41 Å². The summed E-state index contributed by atoms with van der Waals surface area (Å²) in [6, 6.07) is 0. The maximum Gasteiger partial charge on any atom is 0.333 e. The van der Waals surface area contributed by atoms with Crippen molar-refractivity contribution in [3.8, 4) is 0 Å². The van der Waals surface area contributed by atoms with E-state index in [4.69, 9.17) is 10.2 Å². The van der Waals surface area contributed by atoms with E-state index in [-0.39, 0.29) is 19.2 Å². The second-order valence-corrected chi connectivity index (χ2v) is 3.71. The first-order chi connectivity index (χ1) is 6.49. The van der Waals surface area contributed by atoms with Crippen molar-refractivity contribution in [2.45, 2.75) is 20.3 Å². The van der Waals surface area contributed by atoms with Crippen molar-refractivity contribution in [2.75, 3.05) is 20.3 Å². The molecule has 0 aliphatic heterocycles. The molecule has 2 N–H and O–H groups in total. The third-order valence-corrected chi connectivity index (χ3v) is 2.17. The summed E-state index contributed by atoms with van der Waals surface area (Å²) in [4.78, 5) is 11.0. The van der Waals surface area contributed by atoms with Crippen LogP contribution in [-0.4, -0.2) is 36.5 Å². The molecule has 0 amide bonds. The first kappa shape index (κ1) is 13.1. The quantitative estimate of drug-likeness (QED) is 0.503. The van der Waals surface area contributed by atoms with Gasteiger partial charge in [0.2, 0.25) is 0 Å². The Hall–Kier alpha value is -0.870. The van der Waals surface area contributed by atoms with E-state index in [1.54, 1.807) is 19.9 Å². The van der Waals surface area contributed by atoms with Crippen molar-refractivity contribution >= 4 is 5.97 Å². The number of aliphatic hydroxyl groups excluding tert-OH is 2. The van der Waals surface area contributed by atoms with Gasteiger partial charge in [0.15, 0.2) is 0 Å². The van der Waals surface area contributed by atoms with Crippen LogP contribution in [-0.2, 0) is 9.53 Å². The average molecular weight is 202 g/mol. The van der Waals surface area contributed by atoms with Gasteiger partial charge < -0.3 is 14.9 Å². The Morgan fingerprint density at radius 2 is 1.93 bits per heavy atom. The number of aliphatic hydroxyl groups is 2. The fourth-order valence-electron chi connectivity index (χ4n) is 0.823. The number of rotatable bonds is 5. The van der Waals surface area contributed by atoms with Crippen molar-refractivity contribution in [1.82, 2.24) is 0 Å². The van der Waals surface area contributed by atoms with Crippen LogP contribution in [0, 0.1) is 5.41 Å². The molecule has 4 heteroatoms. The molecular weight excluding hydrogens is 184 g/mol. The van der Waals surface area contributed by atoms with Crippen molar-refractivity contribution < 1.29 is 19.7 Å². The average Bonchev–Trinajstić information content (AvgIpc) is 2.24. The molecule has 0 aromatic heterocycles. The maximum atomic E-state index is 11.0. The highest BCUT2D eigenvalue weighted by Crippen LogP contribution is 2.21. The number of ether oxygens (including phenoxy) is 1. The monoisotopic (exact) mass is 202 g/mol. The zero-order valence-electron chi connectivity index (χ0n) is 8.91. The van der Waals surface area contributed by atoms with Crippen LogP contribution in [0.15, 0.2) is 11.6 Å². The van der Waals surface area contributed by atoms with E-state index in [9.17, 15) is 4.79 Å². The van der Waals surface area contributed by atoms with Gasteiger partial charge in [0.05, 0.1) is 20.3 Å². The summed E-state index contributed by atoms with van der Waals surface area (Å²) in [6.45, 7) is 3.15. The van der Waals surface area contributed by atoms with E-state index in [2.05, 4.69) is 4.74 Å². The lowest BCUT2D eigenvalue weighted by Crippen LogP contribution is -2.25. The lowest BCUT2D eigenvalue weighted by molar-refractivity contribution is -0.136. The molecule has 0 rings (SSSR count). The van der Waals surface area contributed by atoms with Crippen molar-refractivity contribution in [1.29, 1.82) is 0 Å². The standard InChI is InChI=1S/C10H18O4/c1-8(9(13)14-3)4-5-10(2,6-11)7-12/h4,11-12H,5-7H2,1-3H3. The Bertz CT molecular complexity index is 216. The van der Waals surface area contributed by atoms with E-state index in [0.717, 1.165) is 0 Å². The molecule has 0 fully saturated rings. The highest BCUT2D eigenvalue weighted by atomic mass is 16.5. The minimum Gasteiger partial charge on any atom is -0.466 e. The van der Waals surface area contributed by atoms with E-state index < -0.39 is 5.41 Å². The molecule has 0 aromatic rings. The molecule has 0 aliphatic carbocycles. The molecule has 0 aromatic carbocycles. The van der Waals surface area contributed by atoms with Gasteiger partial charge in [0.1, 0.15) is 0 Å². The van der Waals surface area contributed by atoms with Gasteiger partial charge in [0, 0.05) is 11.0 Å². The number of hydrogen-bond acceptors (Lipinski definition) is 4. The molecule has 0 saturated heterocycles. The third-order valence-electron chi connectivity index (χ3n) is 2.17. The lowest BCUT2D eigenvalue weighted by Gasteiger charge is -2.22. The van der Waals surface area contributed by atoms with Gasteiger partial charge in [-0.2, -0.15) is 0 Å². The van der Waals surface area contributed by atoms with E-state index in [1.165, 1.54) is 7.11 Å². The van der Waals surface area contributed by atoms with Gasteiger partial charge in [-0.1, -0.05) is 13.0 Å². The number of hydrogen-bond donors (Lipinski definition) is 2. The third kappa shape index (κ3) is 3.89. The minimum atomic E-state index is -0.574. The molecule has 0 aliphatic rings. The topological polar surface area (TPSA) is 66.8 Å². The summed E-state index contributed by atoms with van der Waals surface area (Å²) >= 11 is 0. The molecule has 82 valence electrons. The number of carbonyl (C=O) groups is 1. The van der Waals surface area contributed by atoms with Gasteiger partial charge in [-0.05, 0) is 13.3 Å². The van der Waals surface area contributed by atoms with Gasteiger partial charge in [-0.3, -0.25) is 0 Å². The van der Waals surface area contributed by atoms with Crippen LogP contribution < -0.4 is 0 Å². The molecule has 0 spiro atoms. The zero-order chi connectivity index (χ0) is 11.2. The van der Waals surface area contributed by atoms with Crippen LogP contribution in [0.3, 0.4) is 0 Å². The Morgan fingerprint density at radius 3 is 2.29 bits per heavy atom. The summed E-state index contributed by atoms with van der Waals surface area (Å²) in [7, 11) is 1.32. The molecule has 0 bridgehead atoms. The molecule has 0 saturated carbocycles. The van der Waals surface area contributed by atoms with Crippen LogP contribution in [0.2, 0.25) is 0 Å². The van der Waals surface area contributed by atoms with Gasteiger partial charge in [-0.25, -0.2) is 4.79 Å². The first-order valence-electron chi connectivity index (χ1n) is 4.46. The number of esters is 1. The number of methoxy groups -OCH3 is 1. The van der Waals surface area contributed by atoms with Crippen LogP contribution in [0.4, 0.5) is 0 Å². The highest BCUT2D eigenvalue weighted by molar-refractivity contribution is 5.87. The Kier molecular flexibility index (Phi) is 5.42. The molecule has 0 atom stereocenters. The van der Waals surface area contributed by atoms with Gasteiger partial charge in [-0.15, -0.1) is 0 Å². The highest BCUT2D eigenvalue weighted by Gasteiger charge is 2.21. The van der Waals surface area contributed by atoms with Gasteiger partial charge in [0.25, 0.3) is 0 Å². The van der Waals surface area contributed by atoms with E-state index in [0.29, 0.717) is 12.0 Å².